The Balaban J connectivity index is 1.53. The number of hydrogen-bond donors (Lipinski definition) is 1. The highest BCUT2D eigenvalue weighted by Gasteiger charge is 2.29. The number of rotatable bonds is 8. The van der Waals surface area contributed by atoms with Crippen LogP contribution in [0.4, 0.5) is 0 Å². The minimum Gasteiger partial charge on any atom is -0.478 e. The number of carbonyl (C=O) groups is 1. The summed E-state index contributed by atoms with van der Waals surface area (Å²) in [6.07, 6.45) is 1.95. The first-order valence-corrected chi connectivity index (χ1v) is 10.7. The van der Waals surface area contributed by atoms with E-state index in [1.807, 2.05) is 37.3 Å². The normalized spacial score (nSPS) is 11.8. The van der Waals surface area contributed by atoms with E-state index < -0.39 is 11.6 Å². The Morgan fingerprint density at radius 2 is 1.91 bits per heavy atom. The quantitative estimate of drug-likeness (QED) is 0.363. The summed E-state index contributed by atoms with van der Waals surface area (Å²) in [4.78, 5) is 16.0. The monoisotopic (exact) mass is 454 g/mol. The van der Waals surface area contributed by atoms with Crippen LogP contribution in [0.1, 0.15) is 37.9 Å². The number of fused-ring (bicyclic) bond motifs is 1. The zero-order chi connectivity index (χ0) is 22.9. The second-order valence-electron chi connectivity index (χ2n) is 7.93. The fourth-order valence-electron chi connectivity index (χ4n) is 3.39. The van der Waals surface area contributed by atoms with Crippen LogP contribution in [0, 0.1) is 0 Å². The zero-order valence-electron chi connectivity index (χ0n) is 18.0. The number of aryl methyl sites for hydroxylation is 3. The highest BCUT2D eigenvalue weighted by atomic mass is 35.5. The molecular formula is C24H23ClN2O5. The molecule has 1 N–H and O–H groups in total. The first-order chi connectivity index (χ1) is 15.3. The van der Waals surface area contributed by atoms with Crippen LogP contribution in [-0.4, -0.2) is 26.8 Å². The van der Waals surface area contributed by atoms with Gasteiger partial charge in [0, 0.05) is 17.9 Å². The fraction of sp³-hybridized carbons (Fsp3) is 0.292. The number of hydrogen-bond acceptors (Lipinski definition) is 6. The molecule has 32 heavy (non-hydrogen) atoms. The van der Waals surface area contributed by atoms with Gasteiger partial charge in [0.05, 0.1) is 22.0 Å². The number of aromatic nitrogens is 2. The molecule has 0 saturated carbocycles. The molecule has 2 heterocycles. The SMILES string of the molecule is CCc1oc(-c2ccccc2Cl)nc1CCc1noc2cc(OC(C)(C)C(=O)O)ccc12. The largest absolute Gasteiger partial charge is 0.478 e. The van der Waals surface area contributed by atoms with Crippen molar-refractivity contribution in [2.24, 2.45) is 0 Å². The van der Waals surface area contributed by atoms with E-state index in [0.717, 1.165) is 28.1 Å². The number of carboxylic acid groups (broad SMARTS) is 1. The molecule has 0 unspecified atom stereocenters. The van der Waals surface area contributed by atoms with Gasteiger partial charge in [-0.05, 0) is 51.0 Å². The van der Waals surface area contributed by atoms with Crippen LogP contribution in [0.2, 0.25) is 5.02 Å². The van der Waals surface area contributed by atoms with Crippen molar-refractivity contribution < 1.29 is 23.6 Å². The molecule has 0 bridgehead atoms. The van der Waals surface area contributed by atoms with Crippen LogP contribution in [0.5, 0.6) is 5.75 Å². The number of aliphatic carboxylic acids is 1. The van der Waals surface area contributed by atoms with Crippen molar-refractivity contribution in [3.63, 3.8) is 0 Å². The number of benzene rings is 2. The van der Waals surface area contributed by atoms with Crippen molar-refractivity contribution in [3.05, 3.63) is 64.6 Å². The van der Waals surface area contributed by atoms with Gasteiger partial charge >= 0.3 is 5.97 Å². The molecule has 0 atom stereocenters. The maximum absolute atomic E-state index is 11.3. The van der Waals surface area contributed by atoms with Crippen molar-refractivity contribution in [1.82, 2.24) is 10.1 Å². The molecule has 2 aromatic heterocycles. The lowest BCUT2D eigenvalue weighted by molar-refractivity contribution is -0.152. The average Bonchev–Trinajstić information content (AvgIpc) is 3.35. The maximum Gasteiger partial charge on any atom is 0.347 e. The van der Waals surface area contributed by atoms with Crippen LogP contribution in [0.15, 0.2) is 51.4 Å². The summed E-state index contributed by atoms with van der Waals surface area (Å²) in [6, 6.07) is 12.7. The molecule has 0 amide bonds. The highest BCUT2D eigenvalue weighted by molar-refractivity contribution is 6.33. The molecule has 8 heteroatoms. The molecule has 4 rings (SSSR count). The number of ether oxygens (including phenoxy) is 1. The molecule has 2 aromatic carbocycles. The summed E-state index contributed by atoms with van der Waals surface area (Å²) in [5, 5.41) is 14.9. The fourth-order valence-corrected chi connectivity index (χ4v) is 3.61. The Kier molecular flexibility index (Phi) is 5.93. The number of carboxylic acids is 1. The summed E-state index contributed by atoms with van der Waals surface area (Å²) in [5.41, 5.74) is 1.60. The Morgan fingerprint density at radius 3 is 2.62 bits per heavy atom. The summed E-state index contributed by atoms with van der Waals surface area (Å²) in [5.74, 6) is 0.683. The van der Waals surface area contributed by atoms with Gasteiger partial charge in [-0.15, -0.1) is 0 Å². The van der Waals surface area contributed by atoms with Gasteiger partial charge in [0.25, 0.3) is 0 Å². The van der Waals surface area contributed by atoms with Crippen LogP contribution in [-0.2, 0) is 24.1 Å². The van der Waals surface area contributed by atoms with Crippen molar-refractivity contribution in [2.75, 3.05) is 0 Å². The third-order valence-electron chi connectivity index (χ3n) is 5.21. The van der Waals surface area contributed by atoms with Crippen LogP contribution < -0.4 is 4.74 Å². The van der Waals surface area contributed by atoms with Gasteiger partial charge in [0.1, 0.15) is 11.5 Å². The van der Waals surface area contributed by atoms with Crippen molar-refractivity contribution >= 4 is 28.5 Å². The standard InChI is InChI=1S/C24H23ClN2O5/c1-4-20-19(26-22(30-20)15-7-5-6-8-17(15)25)12-11-18-16-10-9-14(13-21(16)32-27-18)31-24(2,3)23(28)29/h5-10,13H,4,11-12H2,1-3H3,(H,28,29). The van der Waals surface area contributed by atoms with Gasteiger partial charge in [0.15, 0.2) is 11.2 Å². The second-order valence-corrected chi connectivity index (χ2v) is 8.33. The first-order valence-electron chi connectivity index (χ1n) is 10.3. The molecule has 0 saturated heterocycles. The van der Waals surface area contributed by atoms with Gasteiger partial charge in [-0.3, -0.25) is 0 Å². The van der Waals surface area contributed by atoms with E-state index in [-0.39, 0.29) is 0 Å². The van der Waals surface area contributed by atoms with Gasteiger partial charge in [-0.1, -0.05) is 35.8 Å². The summed E-state index contributed by atoms with van der Waals surface area (Å²) < 4.78 is 17.0. The predicted octanol–water partition coefficient (Wildman–Crippen LogP) is 5.73. The summed E-state index contributed by atoms with van der Waals surface area (Å²) >= 11 is 6.29. The van der Waals surface area contributed by atoms with Crippen LogP contribution in [0.3, 0.4) is 0 Å². The molecule has 0 spiro atoms. The molecule has 0 aliphatic carbocycles. The van der Waals surface area contributed by atoms with Gasteiger partial charge in [0.2, 0.25) is 5.89 Å². The lowest BCUT2D eigenvalue weighted by Crippen LogP contribution is -2.37. The van der Waals surface area contributed by atoms with E-state index in [2.05, 4.69) is 10.1 Å². The average molecular weight is 455 g/mol. The first kappa shape index (κ1) is 21.9. The molecular weight excluding hydrogens is 432 g/mol. The smallest absolute Gasteiger partial charge is 0.347 e. The van der Waals surface area contributed by atoms with Crippen LogP contribution in [0.25, 0.3) is 22.4 Å². The Labute approximate surface area is 189 Å². The van der Waals surface area contributed by atoms with E-state index >= 15 is 0 Å². The lowest BCUT2D eigenvalue weighted by atomic mass is 10.1. The van der Waals surface area contributed by atoms with Crippen molar-refractivity contribution in [3.8, 4) is 17.2 Å². The Hall–Kier alpha value is -3.32. The lowest BCUT2D eigenvalue weighted by Gasteiger charge is -2.21. The topological polar surface area (TPSA) is 98.6 Å². The van der Waals surface area contributed by atoms with E-state index in [9.17, 15) is 9.90 Å². The van der Waals surface area contributed by atoms with E-state index in [1.54, 1.807) is 12.1 Å². The van der Waals surface area contributed by atoms with Crippen LogP contribution >= 0.6 is 11.6 Å². The summed E-state index contributed by atoms with van der Waals surface area (Å²) in [6.45, 7) is 5.00. The van der Waals surface area contributed by atoms with E-state index in [4.69, 9.17) is 25.3 Å². The minimum absolute atomic E-state index is 0.404. The van der Waals surface area contributed by atoms with Crippen molar-refractivity contribution in [2.45, 2.75) is 45.6 Å². The molecule has 166 valence electrons. The molecule has 0 radical (unpaired) electrons. The third-order valence-corrected chi connectivity index (χ3v) is 5.54. The summed E-state index contributed by atoms with van der Waals surface area (Å²) in [7, 11) is 0. The number of halogens is 1. The van der Waals surface area contributed by atoms with Crippen molar-refractivity contribution in [1.29, 1.82) is 0 Å². The minimum atomic E-state index is -1.35. The van der Waals surface area contributed by atoms with Gasteiger partial charge < -0.3 is 18.8 Å². The third kappa shape index (κ3) is 4.34. The molecule has 0 aliphatic heterocycles. The molecule has 4 aromatic rings. The highest BCUT2D eigenvalue weighted by Crippen LogP contribution is 2.30. The predicted molar refractivity (Wildman–Crippen MR) is 120 cm³/mol. The Morgan fingerprint density at radius 1 is 1.16 bits per heavy atom. The van der Waals surface area contributed by atoms with E-state index in [0.29, 0.717) is 41.5 Å². The zero-order valence-corrected chi connectivity index (χ0v) is 18.8. The number of nitrogens with zero attached hydrogens (tertiary/aromatic N) is 2. The second kappa shape index (κ2) is 8.67. The van der Waals surface area contributed by atoms with Gasteiger partial charge in [-0.25, -0.2) is 9.78 Å². The molecule has 0 aliphatic rings. The number of oxazole rings is 1. The Bertz CT molecular complexity index is 1270. The molecule has 7 nitrogen and oxygen atoms in total. The van der Waals surface area contributed by atoms with E-state index in [1.165, 1.54) is 13.8 Å². The maximum atomic E-state index is 11.3. The molecule has 0 fully saturated rings. The van der Waals surface area contributed by atoms with Gasteiger partial charge in [-0.2, -0.15) is 0 Å².